The van der Waals surface area contributed by atoms with E-state index < -0.39 is 18.1 Å². The Balaban J connectivity index is 2.00. The molecule has 0 aliphatic rings. The van der Waals surface area contributed by atoms with Crippen molar-refractivity contribution in [2.24, 2.45) is 0 Å². The van der Waals surface area contributed by atoms with Gasteiger partial charge < -0.3 is 15.4 Å². The number of fused-ring (bicyclic) bond motifs is 1. The highest BCUT2D eigenvalue weighted by Gasteiger charge is 2.23. The van der Waals surface area contributed by atoms with Gasteiger partial charge in [-0.1, -0.05) is 38.0 Å². The van der Waals surface area contributed by atoms with Gasteiger partial charge in [-0.2, -0.15) is 0 Å². The first-order chi connectivity index (χ1) is 12.0. The van der Waals surface area contributed by atoms with Gasteiger partial charge in [0.1, 0.15) is 12.1 Å². The van der Waals surface area contributed by atoms with Crippen molar-refractivity contribution in [3.63, 3.8) is 0 Å². The zero-order valence-electron chi connectivity index (χ0n) is 14.9. The standard InChI is InChI=1S/C19H25N3O3/c1-4-5-9-17(19(24)25-3)22-18(23)13(2)21-15-11-14-8-6-7-10-16(14)20-12-15/h6-8,10-13,17,21H,4-5,9H2,1-3H3,(H,22,23)/t13?,17-/m0/s1. The summed E-state index contributed by atoms with van der Waals surface area (Å²) in [4.78, 5) is 28.6. The van der Waals surface area contributed by atoms with Crippen molar-refractivity contribution < 1.29 is 14.3 Å². The number of rotatable bonds is 8. The van der Waals surface area contributed by atoms with Crippen molar-refractivity contribution in [3.8, 4) is 0 Å². The van der Waals surface area contributed by atoms with Crippen molar-refractivity contribution in [1.29, 1.82) is 0 Å². The number of aromatic nitrogens is 1. The summed E-state index contributed by atoms with van der Waals surface area (Å²) in [6.07, 6.45) is 4.05. The van der Waals surface area contributed by atoms with Gasteiger partial charge in [0.2, 0.25) is 5.91 Å². The van der Waals surface area contributed by atoms with Gasteiger partial charge in [0.05, 0.1) is 24.5 Å². The molecule has 0 spiro atoms. The molecule has 0 fully saturated rings. The van der Waals surface area contributed by atoms with Gasteiger partial charge in [-0.05, 0) is 25.5 Å². The summed E-state index contributed by atoms with van der Waals surface area (Å²) < 4.78 is 4.77. The lowest BCUT2D eigenvalue weighted by molar-refractivity contribution is -0.145. The van der Waals surface area contributed by atoms with Crippen molar-refractivity contribution in [3.05, 3.63) is 36.5 Å². The van der Waals surface area contributed by atoms with Gasteiger partial charge in [-0.25, -0.2) is 4.79 Å². The minimum atomic E-state index is -0.614. The number of esters is 1. The quantitative estimate of drug-likeness (QED) is 0.721. The highest BCUT2D eigenvalue weighted by molar-refractivity contribution is 5.89. The van der Waals surface area contributed by atoms with Gasteiger partial charge >= 0.3 is 5.97 Å². The second-order valence-corrected chi connectivity index (χ2v) is 6.01. The summed E-state index contributed by atoms with van der Waals surface area (Å²) >= 11 is 0. The highest BCUT2D eigenvalue weighted by atomic mass is 16.5. The van der Waals surface area contributed by atoms with Gasteiger partial charge in [-0.3, -0.25) is 9.78 Å². The SMILES string of the molecule is CCCC[C@H](NC(=O)C(C)Nc1cnc2ccccc2c1)C(=O)OC. The van der Waals surface area contributed by atoms with Crippen LogP contribution in [-0.4, -0.2) is 36.1 Å². The molecule has 2 rings (SSSR count). The number of hydrogen-bond donors (Lipinski definition) is 2. The van der Waals surface area contributed by atoms with Gasteiger partial charge in [0.15, 0.2) is 0 Å². The molecule has 1 aromatic carbocycles. The lowest BCUT2D eigenvalue weighted by atomic mass is 10.1. The van der Waals surface area contributed by atoms with Crippen LogP contribution >= 0.6 is 0 Å². The predicted octanol–water partition coefficient (Wildman–Crippen LogP) is 2.88. The molecule has 6 nitrogen and oxygen atoms in total. The molecule has 134 valence electrons. The van der Waals surface area contributed by atoms with Gasteiger partial charge in [0, 0.05) is 5.39 Å². The average Bonchev–Trinajstić information content (AvgIpc) is 2.64. The fourth-order valence-electron chi connectivity index (χ4n) is 2.56. The molecule has 0 aliphatic carbocycles. The Labute approximate surface area is 148 Å². The number of ether oxygens (including phenoxy) is 1. The van der Waals surface area contributed by atoms with Crippen LogP contribution in [0.15, 0.2) is 36.5 Å². The summed E-state index contributed by atoms with van der Waals surface area (Å²) in [6, 6.07) is 8.61. The van der Waals surface area contributed by atoms with Crippen molar-refractivity contribution in [1.82, 2.24) is 10.3 Å². The second kappa shape index (κ2) is 9.01. The first-order valence-electron chi connectivity index (χ1n) is 8.54. The lowest BCUT2D eigenvalue weighted by Crippen LogP contribution is -2.47. The summed E-state index contributed by atoms with van der Waals surface area (Å²) in [5.41, 5.74) is 1.65. The number of pyridine rings is 1. The zero-order chi connectivity index (χ0) is 18.2. The Kier molecular flexibility index (Phi) is 6.74. The average molecular weight is 343 g/mol. The molecular weight excluding hydrogens is 318 g/mol. The molecule has 2 aromatic rings. The second-order valence-electron chi connectivity index (χ2n) is 6.01. The number of para-hydroxylation sites is 1. The normalized spacial score (nSPS) is 13.1. The Morgan fingerprint density at radius 1 is 1.28 bits per heavy atom. The van der Waals surface area contributed by atoms with E-state index in [4.69, 9.17) is 4.74 Å². The van der Waals surface area contributed by atoms with Crippen LogP contribution in [0.1, 0.15) is 33.1 Å². The topological polar surface area (TPSA) is 80.3 Å². The number of amides is 1. The first kappa shape index (κ1) is 18.7. The minimum Gasteiger partial charge on any atom is -0.467 e. The Morgan fingerprint density at radius 2 is 2.04 bits per heavy atom. The van der Waals surface area contributed by atoms with E-state index in [-0.39, 0.29) is 5.91 Å². The van der Waals surface area contributed by atoms with Crippen LogP contribution in [0.2, 0.25) is 0 Å². The molecule has 0 radical (unpaired) electrons. The number of nitrogens with one attached hydrogen (secondary N) is 2. The molecular formula is C19H25N3O3. The van der Waals surface area contributed by atoms with E-state index in [1.165, 1.54) is 7.11 Å². The number of anilines is 1. The monoisotopic (exact) mass is 343 g/mol. The van der Waals surface area contributed by atoms with E-state index in [0.29, 0.717) is 6.42 Å². The molecule has 1 heterocycles. The summed E-state index contributed by atoms with van der Waals surface area (Å²) in [5.74, 6) is -0.666. The molecule has 0 bridgehead atoms. The molecule has 2 atom stereocenters. The number of benzene rings is 1. The van der Waals surface area contributed by atoms with Gasteiger partial charge in [0.25, 0.3) is 0 Å². The smallest absolute Gasteiger partial charge is 0.328 e. The fourth-order valence-corrected chi connectivity index (χ4v) is 2.56. The summed E-state index contributed by atoms with van der Waals surface area (Å²) in [7, 11) is 1.33. The van der Waals surface area contributed by atoms with E-state index in [1.807, 2.05) is 37.3 Å². The molecule has 1 unspecified atom stereocenters. The van der Waals surface area contributed by atoms with Crippen LogP contribution in [0.5, 0.6) is 0 Å². The molecule has 25 heavy (non-hydrogen) atoms. The summed E-state index contributed by atoms with van der Waals surface area (Å²) in [5, 5.41) is 6.88. The van der Waals surface area contributed by atoms with Crippen LogP contribution in [-0.2, 0) is 14.3 Å². The van der Waals surface area contributed by atoms with E-state index in [2.05, 4.69) is 15.6 Å². The van der Waals surface area contributed by atoms with E-state index in [1.54, 1.807) is 13.1 Å². The highest BCUT2D eigenvalue weighted by Crippen LogP contribution is 2.16. The van der Waals surface area contributed by atoms with Crippen LogP contribution in [0.25, 0.3) is 10.9 Å². The van der Waals surface area contributed by atoms with Crippen LogP contribution in [0.4, 0.5) is 5.69 Å². The first-order valence-corrected chi connectivity index (χ1v) is 8.54. The molecule has 0 saturated heterocycles. The molecule has 6 heteroatoms. The number of carbonyl (C=O) groups is 2. The fraction of sp³-hybridized carbons (Fsp3) is 0.421. The third-order valence-electron chi connectivity index (χ3n) is 4.02. The van der Waals surface area contributed by atoms with Crippen LogP contribution in [0.3, 0.4) is 0 Å². The van der Waals surface area contributed by atoms with Gasteiger partial charge in [-0.15, -0.1) is 0 Å². The molecule has 1 aromatic heterocycles. The molecule has 1 amide bonds. The third kappa shape index (κ3) is 5.17. The van der Waals surface area contributed by atoms with Crippen LogP contribution < -0.4 is 10.6 Å². The number of nitrogens with zero attached hydrogens (tertiary/aromatic N) is 1. The Bertz CT molecular complexity index is 733. The number of methoxy groups -OCH3 is 1. The maximum absolute atomic E-state index is 12.4. The van der Waals surface area contributed by atoms with E-state index >= 15 is 0 Å². The van der Waals surface area contributed by atoms with Crippen molar-refractivity contribution in [2.45, 2.75) is 45.2 Å². The Hall–Kier alpha value is -2.63. The number of unbranched alkanes of at least 4 members (excludes halogenated alkanes) is 1. The predicted molar refractivity (Wildman–Crippen MR) is 98.3 cm³/mol. The maximum atomic E-state index is 12.4. The van der Waals surface area contributed by atoms with Crippen LogP contribution in [0, 0.1) is 0 Å². The summed E-state index contributed by atoms with van der Waals surface area (Å²) in [6.45, 7) is 3.78. The maximum Gasteiger partial charge on any atom is 0.328 e. The minimum absolute atomic E-state index is 0.250. The molecule has 0 aliphatic heterocycles. The number of carbonyl (C=O) groups excluding carboxylic acids is 2. The van der Waals surface area contributed by atoms with E-state index in [0.717, 1.165) is 29.4 Å². The zero-order valence-corrected chi connectivity index (χ0v) is 14.9. The van der Waals surface area contributed by atoms with Crippen molar-refractivity contribution in [2.75, 3.05) is 12.4 Å². The van der Waals surface area contributed by atoms with Crippen molar-refractivity contribution >= 4 is 28.5 Å². The molecule has 2 N–H and O–H groups in total. The van der Waals surface area contributed by atoms with E-state index in [9.17, 15) is 9.59 Å². The lowest BCUT2D eigenvalue weighted by Gasteiger charge is -2.20. The Morgan fingerprint density at radius 3 is 2.76 bits per heavy atom. The largest absolute Gasteiger partial charge is 0.467 e. The molecule has 0 saturated carbocycles. The third-order valence-corrected chi connectivity index (χ3v) is 4.02. The number of hydrogen-bond acceptors (Lipinski definition) is 5.